The van der Waals surface area contributed by atoms with Gasteiger partial charge in [0.25, 0.3) is 5.56 Å². The van der Waals surface area contributed by atoms with Crippen LogP contribution in [0.15, 0.2) is 15.8 Å². The van der Waals surface area contributed by atoms with Gasteiger partial charge in [0, 0.05) is 23.4 Å². The van der Waals surface area contributed by atoms with E-state index in [1.807, 2.05) is 6.92 Å². The Bertz CT molecular complexity index is 993. The van der Waals surface area contributed by atoms with Crippen LogP contribution in [0.3, 0.4) is 0 Å². The van der Waals surface area contributed by atoms with E-state index < -0.39 is 37.6 Å². The number of hydrogen-bond acceptors (Lipinski definition) is 8. The number of nitrogens with zero attached hydrogens (tertiary/aromatic N) is 1. The molecule has 0 saturated carbocycles. The number of aromatic nitrogens is 2. The van der Waals surface area contributed by atoms with Gasteiger partial charge in [-0.2, -0.15) is 0 Å². The zero-order chi connectivity index (χ0) is 24.1. The second-order valence-corrected chi connectivity index (χ2v) is 21.4. The molecule has 0 amide bonds. The molecule has 182 valence electrons. The minimum Gasteiger partial charge on any atom is -0.411 e. The molecule has 2 aliphatic rings. The van der Waals surface area contributed by atoms with Crippen LogP contribution in [0.4, 0.5) is 0 Å². The molecular weight excluding hydrogens is 487 g/mol. The quantitative estimate of drug-likeness (QED) is 0.437. The zero-order valence-corrected chi connectivity index (χ0v) is 23.6. The van der Waals surface area contributed by atoms with Crippen LogP contribution in [0, 0.1) is 6.92 Å². The summed E-state index contributed by atoms with van der Waals surface area (Å²) in [6.45, 7) is 16.9. The first-order valence-electron chi connectivity index (χ1n) is 10.9. The van der Waals surface area contributed by atoms with Gasteiger partial charge in [-0.1, -0.05) is 39.1 Å². The van der Waals surface area contributed by atoms with Gasteiger partial charge >= 0.3 is 5.69 Å². The van der Waals surface area contributed by atoms with Crippen molar-refractivity contribution < 1.29 is 18.2 Å². The smallest absolute Gasteiger partial charge is 0.330 e. The van der Waals surface area contributed by atoms with E-state index in [2.05, 4.69) is 45.8 Å². The zero-order valence-electron chi connectivity index (χ0n) is 20.0. The maximum absolute atomic E-state index is 12.5. The lowest BCUT2D eigenvalue weighted by molar-refractivity contribution is -0.0390. The van der Waals surface area contributed by atoms with Crippen molar-refractivity contribution in [2.75, 3.05) is 6.61 Å². The van der Waals surface area contributed by atoms with E-state index in [4.69, 9.17) is 30.0 Å². The molecule has 0 bridgehead atoms. The van der Waals surface area contributed by atoms with Crippen LogP contribution in [0.5, 0.6) is 0 Å². The lowest BCUT2D eigenvalue weighted by atomic mass is 10.2. The molecule has 2 unspecified atom stereocenters. The first kappa shape index (κ1) is 26.3. The normalized spacial score (nSPS) is 33.7. The van der Waals surface area contributed by atoms with Crippen LogP contribution in [0.2, 0.25) is 18.1 Å². The van der Waals surface area contributed by atoms with Crippen molar-refractivity contribution in [2.24, 2.45) is 0 Å². The summed E-state index contributed by atoms with van der Waals surface area (Å²) in [4.78, 5) is 26.6. The van der Waals surface area contributed by atoms with E-state index in [9.17, 15) is 9.59 Å². The fraction of sp³-hybridized carbons (Fsp3) is 0.800. The third-order valence-electron chi connectivity index (χ3n) is 6.54. The highest BCUT2D eigenvalue weighted by molar-refractivity contribution is 8.68. The van der Waals surface area contributed by atoms with Crippen molar-refractivity contribution in [3.05, 3.63) is 32.6 Å². The van der Waals surface area contributed by atoms with Gasteiger partial charge in [0.15, 0.2) is 8.32 Å². The number of aryl methyl sites for hydroxylation is 1. The monoisotopic (exact) mass is 522 g/mol. The summed E-state index contributed by atoms with van der Waals surface area (Å²) in [6.07, 6.45) is 0.850. The molecule has 3 heterocycles. The van der Waals surface area contributed by atoms with Crippen LogP contribution in [-0.4, -0.2) is 48.0 Å². The number of H-pyrrole nitrogens is 1. The third kappa shape index (κ3) is 5.68. The molecule has 1 aromatic heterocycles. The number of ether oxygens (including phenoxy) is 1. The first-order chi connectivity index (χ1) is 14.6. The highest BCUT2D eigenvalue weighted by Crippen LogP contribution is 2.69. The minimum atomic E-state index is -2.45. The topological polar surface area (TPSA) is 91.8 Å². The second-order valence-electron chi connectivity index (χ2n) is 10.1. The molecule has 1 N–H and O–H groups in total. The molecule has 12 heteroatoms. The van der Waals surface area contributed by atoms with E-state index in [0.29, 0.717) is 12.0 Å². The van der Waals surface area contributed by atoms with E-state index in [1.165, 1.54) is 4.57 Å². The average Bonchev–Trinajstić information content (AvgIpc) is 3.15. The molecule has 0 aromatic carbocycles. The first-order valence-corrected chi connectivity index (χ1v) is 17.9. The summed E-state index contributed by atoms with van der Waals surface area (Å²) in [5.74, 6) is 0. The molecular formula is C20H35N2O6PS2Si. The molecule has 0 spiro atoms. The average molecular weight is 523 g/mol. The van der Waals surface area contributed by atoms with Gasteiger partial charge in [0.2, 0.25) is 5.69 Å². The largest absolute Gasteiger partial charge is 0.411 e. The van der Waals surface area contributed by atoms with Crippen molar-refractivity contribution in [3.63, 3.8) is 0 Å². The molecule has 6 atom stereocenters. The van der Waals surface area contributed by atoms with Crippen LogP contribution in [-0.2, 0) is 30.0 Å². The Morgan fingerprint density at radius 2 is 2.00 bits per heavy atom. The fourth-order valence-electron chi connectivity index (χ4n) is 3.33. The number of nitrogens with one attached hydrogen (secondary N) is 1. The van der Waals surface area contributed by atoms with Crippen molar-refractivity contribution in [3.8, 4) is 0 Å². The van der Waals surface area contributed by atoms with Crippen LogP contribution >= 0.6 is 17.1 Å². The minimum absolute atomic E-state index is 0.0173. The maximum atomic E-state index is 12.5. The predicted octanol–water partition coefficient (Wildman–Crippen LogP) is 4.30. The Morgan fingerprint density at radius 3 is 2.56 bits per heavy atom. The SMILES string of the molecule is Cc1cn([C@H]2CC(O[Si](C)(C)C(C)(C)C)[C@@H](COP3(=S)O[C@H](C)[C@H](C)S3)O2)c(=O)[nH]c1=O. The molecule has 2 fully saturated rings. The Balaban J connectivity index is 1.83. The summed E-state index contributed by atoms with van der Waals surface area (Å²) in [5.41, 5.74) is -2.89. The summed E-state index contributed by atoms with van der Waals surface area (Å²) in [7, 11) is -2.11. The lowest BCUT2D eigenvalue weighted by Gasteiger charge is -2.39. The van der Waals surface area contributed by atoms with Gasteiger partial charge in [-0.25, -0.2) is 4.79 Å². The molecule has 32 heavy (non-hydrogen) atoms. The van der Waals surface area contributed by atoms with Gasteiger partial charge in [-0.05, 0) is 43.8 Å². The number of rotatable bonds is 6. The highest BCUT2D eigenvalue weighted by Gasteiger charge is 2.46. The number of hydrogen-bond donors (Lipinski definition) is 1. The van der Waals surface area contributed by atoms with E-state index in [1.54, 1.807) is 24.5 Å². The van der Waals surface area contributed by atoms with E-state index >= 15 is 0 Å². The second kappa shape index (κ2) is 9.41. The van der Waals surface area contributed by atoms with Crippen LogP contribution < -0.4 is 11.2 Å². The van der Waals surface area contributed by atoms with Crippen LogP contribution in [0.25, 0.3) is 0 Å². The number of aromatic amines is 1. The van der Waals surface area contributed by atoms with Crippen molar-refractivity contribution in [1.29, 1.82) is 0 Å². The summed E-state index contributed by atoms with van der Waals surface area (Å²) >= 11 is 7.27. The highest BCUT2D eigenvalue weighted by atomic mass is 32.9. The Morgan fingerprint density at radius 1 is 1.34 bits per heavy atom. The Hall–Kier alpha value is -0.263. The van der Waals surface area contributed by atoms with Gasteiger partial charge in [-0.15, -0.1) is 0 Å². The van der Waals surface area contributed by atoms with Gasteiger partial charge in [0.05, 0.1) is 18.8 Å². The molecule has 8 nitrogen and oxygen atoms in total. The van der Waals surface area contributed by atoms with Crippen molar-refractivity contribution >= 4 is 37.2 Å². The van der Waals surface area contributed by atoms with Crippen molar-refractivity contribution in [1.82, 2.24) is 9.55 Å². The van der Waals surface area contributed by atoms with Gasteiger partial charge < -0.3 is 18.2 Å². The molecule has 2 saturated heterocycles. The lowest BCUT2D eigenvalue weighted by Crippen LogP contribution is -2.46. The summed E-state index contributed by atoms with van der Waals surface area (Å²) in [5, 5.41) is 0.295. The fourth-order valence-corrected chi connectivity index (χ4v) is 11.0. The molecule has 2 aliphatic heterocycles. The van der Waals surface area contributed by atoms with Crippen molar-refractivity contribution in [2.45, 2.75) is 95.9 Å². The van der Waals surface area contributed by atoms with E-state index in [-0.39, 0.29) is 29.1 Å². The molecule has 1 aromatic rings. The third-order valence-corrected chi connectivity index (χ3v) is 16.8. The van der Waals surface area contributed by atoms with E-state index in [0.717, 1.165) is 0 Å². The molecule has 3 rings (SSSR count). The predicted molar refractivity (Wildman–Crippen MR) is 134 cm³/mol. The Kier molecular flexibility index (Phi) is 7.75. The van der Waals surface area contributed by atoms with Crippen LogP contribution in [0.1, 0.15) is 52.8 Å². The summed E-state index contributed by atoms with van der Waals surface area (Å²) in [6, 6.07) is 0. The Labute approximate surface area is 199 Å². The maximum Gasteiger partial charge on any atom is 0.330 e. The summed E-state index contributed by atoms with van der Waals surface area (Å²) < 4.78 is 26.5. The standard InChI is InChI=1S/C20H35N2O6PS2Si/c1-12-10-22(19(24)21-18(12)23)17-9-15(28-32(7,8)20(4,5)6)16(26-17)11-25-29(30)27-13(2)14(3)31-29/h10,13-17H,9,11H2,1-8H3,(H,21,23,24)/t13-,14+,15?,16-,17-,29?/m1/s1. The molecule has 0 radical (unpaired) electrons. The van der Waals surface area contributed by atoms with Gasteiger partial charge in [0.1, 0.15) is 12.3 Å². The molecule has 0 aliphatic carbocycles. The van der Waals surface area contributed by atoms with Gasteiger partial charge in [-0.3, -0.25) is 14.3 Å².